The Morgan fingerprint density at radius 3 is 1.54 bits per heavy atom. The molecule has 2 heterocycles. The van der Waals surface area contributed by atoms with Gasteiger partial charge in [-0.1, -0.05) is 0 Å². The van der Waals surface area contributed by atoms with Crippen LogP contribution in [0.1, 0.15) is 22.6 Å². The van der Waals surface area contributed by atoms with Crippen LogP contribution in [-0.4, -0.2) is 22.1 Å². The van der Waals surface area contributed by atoms with Crippen molar-refractivity contribution in [3.8, 4) is 0 Å². The zero-order valence-corrected chi connectivity index (χ0v) is 14.7. The number of nitrogens with one attached hydrogen (secondary N) is 4. The lowest BCUT2D eigenvalue weighted by Gasteiger charge is -2.00. The van der Waals surface area contributed by atoms with Gasteiger partial charge in [0.05, 0.1) is 0 Å². The second-order valence-electron chi connectivity index (χ2n) is 6.40. The Labute approximate surface area is 159 Å². The monoisotopic (exact) mass is 378 g/mol. The largest absolute Gasteiger partial charge is 0.461 e. The van der Waals surface area contributed by atoms with E-state index in [0.717, 1.165) is 22.3 Å². The molecule has 0 bridgehead atoms. The lowest BCUT2D eigenvalue weighted by atomic mass is 10.1. The molecule has 8 nitrogen and oxygen atoms in total. The van der Waals surface area contributed by atoms with Crippen molar-refractivity contribution < 1.29 is 19.2 Å². The number of hydroxylamine groups is 2. The second kappa shape index (κ2) is 7.18. The Morgan fingerprint density at radius 1 is 0.714 bits per heavy atom. The lowest BCUT2D eigenvalue weighted by Crippen LogP contribution is -2.18. The Balaban J connectivity index is 1.52. The van der Waals surface area contributed by atoms with E-state index in [1.165, 1.54) is 0 Å². The molecular formula is C20H18N4O4. The average molecular weight is 378 g/mol. The highest BCUT2D eigenvalue weighted by Crippen LogP contribution is 2.25. The van der Waals surface area contributed by atoms with Crippen LogP contribution < -0.4 is 11.0 Å². The van der Waals surface area contributed by atoms with E-state index in [1.807, 2.05) is 23.1 Å². The molecule has 0 saturated heterocycles. The van der Waals surface area contributed by atoms with Gasteiger partial charge in [0.2, 0.25) is 0 Å². The highest BCUT2D eigenvalue weighted by atomic mass is 16.5. The summed E-state index contributed by atoms with van der Waals surface area (Å²) in [4.78, 5) is 0. The van der Waals surface area contributed by atoms with E-state index in [2.05, 4.69) is 0 Å². The highest BCUT2D eigenvalue weighted by molar-refractivity contribution is 5.99. The summed E-state index contributed by atoms with van der Waals surface area (Å²) in [5.41, 5.74) is 6.24. The summed E-state index contributed by atoms with van der Waals surface area (Å²) >= 11 is 0. The third kappa shape index (κ3) is 3.34. The van der Waals surface area contributed by atoms with Gasteiger partial charge in [0.1, 0.15) is 34.4 Å². The lowest BCUT2D eigenvalue weighted by molar-refractivity contribution is 0.234. The van der Waals surface area contributed by atoms with Gasteiger partial charge in [-0.25, -0.2) is 0 Å². The highest BCUT2D eigenvalue weighted by Gasteiger charge is 2.10. The van der Waals surface area contributed by atoms with Crippen molar-refractivity contribution in [2.45, 2.75) is 12.8 Å². The average Bonchev–Trinajstić information content (AvgIpc) is 3.32. The summed E-state index contributed by atoms with van der Waals surface area (Å²) in [6, 6.07) is 14.3. The molecule has 0 spiro atoms. The zero-order valence-electron chi connectivity index (χ0n) is 14.7. The standard InChI is InChI=1S/C20H18N4O4/c21-19(23-25)11-1-5-17-13(7-11)9-15(27-17)3-4-16-10-14-8-12(20(22)24-26)2-6-18(14)28-16/h1-2,5-10,25-26H,3-4H2,(H2,21,23)(H2,22,24). The molecule has 0 radical (unpaired) electrons. The molecule has 0 saturated carbocycles. The van der Waals surface area contributed by atoms with Gasteiger partial charge in [0.15, 0.2) is 0 Å². The minimum atomic E-state index is -0.0734. The van der Waals surface area contributed by atoms with Crippen molar-refractivity contribution in [1.82, 2.24) is 11.0 Å². The number of hydrogen-bond acceptors (Lipinski definition) is 6. The number of aryl methyl sites for hydroxylation is 2. The van der Waals surface area contributed by atoms with E-state index in [0.29, 0.717) is 35.1 Å². The molecular weight excluding hydrogens is 360 g/mol. The fourth-order valence-corrected chi connectivity index (χ4v) is 3.13. The molecule has 0 aliphatic carbocycles. The van der Waals surface area contributed by atoms with Gasteiger partial charge in [0.25, 0.3) is 0 Å². The molecule has 142 valence electrons. The molecule has 0 amide bonds. The zero-order chi connectivity index (χ0) is 19.7. The topological polar surface area (TPSA) is 138 Å². The van der Waals surface area contributed by atoms with Gasteiger partial charge in [-0.3, -0.25) is 32.2 Å². The Bertz CT molecular complexity index is 1100. The normalized spacial score (nSPS) is 11.1. The third-order valence-electron chi connectivity index (χ3n) is 4.55. The fourth-order valence-electron chi connectivity index (χ4n) is 3.13. The van der Waals surface area contributed by atoms with Crippen molar-refractivity contribution in [2.24, 2.45) is 0 Å². The first-order valence-corrected chi connectivity index (χ1v) is 8.60. The van der Waals surface area contributed by atoms with Gasteiger partial charge in [0, 0.05) is 34.7 Å². The number of hydrogen-bond donors (Lipinski definition) is 6. The summed E-state index contributed by atoms with van der Waals surface area (Å²) in [7, 11) is 0. The molecule has 0 unspecified atom stereocenters. The van der Waals surface area contributed by atoms with Gasteiger partial charge in [-0.2, -0.15) is 0 Å². The molecule has 6 N–H and O–H groups in total. The molecule has 2 aromatic carbocycles. The first-order valence-electron chi connectivity index (χ1n) is 8.60. The predicted molar refractivity (Wildman–Crippen MR) is 103 cm³/mol. The molecule has 4 aromatic rings. The van der Waals surface area contributed by atoms with E-state index in [4.69, 9.17) is 30.1 Å². The van der Waals surface area contributed by atoms with Crippen molar-refractivity contribution >= 4 is 33.6 Å². The van der Waals surface area contributed by atoms with Gasteiger partial charge >= 0.3 is 0 Å². The van der Waals surface area contributed by atoms with Gasteiger partial charge in [-0.15, -0.1) is 0 Å². The van der Waals surface area contributed by atoms with Crippen LogP contribution in [0, 0.1) is 10.8 Å². The molecule has 2 aromatic heterocycles. The minimum Gasteiger partial charge on any atom is -0.461 e. The van der Waals surface area contributed by atoms with Crippen LogP contribution in [0.5, 0.6) is 0 Å². The van der Waals surface area contributed by atoms with E-state index in [-0.39, 0.29) is 11.7 Å². The summed E-state index contributed by atoms with van der Waals surface area (Å²) in [6.45, 7) is 0. The van der Waals surface area contributed by atoms with Gasteiger partial charge < -0.3 is 8.83 Å². The summed E-state index contributed by atoms with van der Waals surface area (Å²) in [6.07, 6.45) is 1.28. The van der Waals surface area contributed by atoms with E-state index in [1.54, 1.807) is 36.4 Å². The number of fused-ring (bicyclic) bond motifs is 2. The van der Waals surface area contributed by atoms with Crippen LogP contribution in [0.25, 0.3) is 21.9 Å². The Hall–Kier alpha value is -3.62. The molecule has 8 heteroatoms. The van der Waals surface area contributed by atoms with Crippen LogP contribution in [0.15, 0.2) is 57.4 Å². The minimum absolute atomic E-state index is 0.0734. The van der Waals surface area contributed by atoms with Crippen molar-refractivity contribution in [3.05, 3.63) is 71.2 Å². The third-order valence-corrected chi connectivity index (χ3v) is 4.55. The van der Waals surface area contributed by atoms with Crippen molar-refractivity contribution in [3.63, 3.8) is 0 Å². The van der Waals surface area contributed by atoms with E-state index < -0.39 is 0 Å². The van der Waals surface area contributed by atoms with Crippen molar-refractivity contribution in [1.29, 1.82) is 10.8 Å². The molecule has 28 heavy (non-hydrogen) atoms. The van der Waals surface area contributed by atoms with Crippen LogP contribution >= 0.6 is 0 Å². The molecule has 0 aliphatic rings. The number of furan rings is 2. The maximum Gasteiger partial charge on any atom is 0.149 e. The molecule has 0 atom stereocenters. The summed E-state index contributed by atoms with van der Waals surface area (Å²) in [5, 5.41) is 34.7. The Morgan fingerprint density at radius 2 is 1.14 bits per heavy atom. The summed E-state index contributed by atoms with van der Waals surface area (Å²) in [5.74, 6) is 1.44. The van der Waals surface area contributed by atoms with E-state index >= 15 is 0 Å². The first kappa shape index (κ1) is 17.8. The van der Waals surface area contributed by atoms with E-state index in [9.17, 15) is 0 Å². The maximum atomic E-state index is 8.86. The summed E-state index contributed by atoms with van der Waals surface area (Å²) < 4.78 is 11.7. The number of benzene rings is 2. The number of amidine groups is 2. The van der Waals surface area contributed by atoms with Crippen LogP contribution in [-0.2, 0) is 12.8 Å². The molecule has 4 rings (SSSR count). The molecule has 0 fully saturated rings. The van der Waals surface area contributed by atoms with Crippen LogP contribution in [0.3, 0.4) is 0 Å². The van der Waals surface area contributed by atoms with Crippen molar-refractivity contribution in [2.75, 3.05) is 0 Å². The van der Waals surface area contributed by atoms with Crippen LogP contribution in [0.4, 0.5) is 0 Å². The second-order valence-corrected chi connectivity index (χ2v) is 6.40. The SMILES string of the molecule is N=C(NO)c1ccc2oc(CCc3cc4cc(C(=N)NO)ccc4o3)cc2c1. The molecule has 0 aliphatic heterocycles. The predicted octanol–water partition coefficient (Wildman–Crippen LogP) is 3.57. The first-order chi connectivity index (χ1) is 13.6. The fraction of sp³-hybridized carbons (Fsp3) is 0.100. The quantitative estimate of drug-likeness (QED) is 0.178. The Kier molecular flexibility index (Phi) is 4.56. The number of rotatable bonds is 5. The van der Waals surface area contributed by atoms with Crippen LogP contribution in [0.2, 0.25) is 0 Å². The maximum absolute atomic E-state index is 8.86. The smallest absolute Gasteiger partial charge is 0.149 e. The van der Waals surface area contributed by atoms with Gasteiger partial charge in [-0.05, 0) is 48.5 Å².